The summed E-state index contributed by atoms with van der Waals surface area (Å²) in [7, 11) is -3.78. The minimum absolute atomic E-state index is 0.000387. The molecule has 36 heavy (non-hydrogen) atoms. The van der Waals surface area contributed by atoms with Gasteiger partial charge in [-0.1, -0.05) is 30.3 Å². The number of hydrogen-bond donors (Lipinski definition) is 4. The summed E-state index contributed by atoms with van der Waals surface area (Å²) in [6.07, 6.45) is 0. The van der Waals surface area contributed by atoms with Gasteiger partial charge in [0, 0.05) is 17.8 Å². The molecular weight excluding hydrogens is 498 g/mol. The fraction of sp³-hybridized carbons (Fsp3) is 0.0800. The number of fused-ring (bicyclic) bond motifs is 1. The van der Waals surface area contributed by atoms with Crippen LogP contribution in [0.15, 0.2) is 83.5 Å². The summed E-state index contributed by atoms with van der Waals surface area (Å²) in [5.41, 5.74) is 2.88. The number of anilines is 1. The molecule has 1 aromatic heterocycles. The number of sulfonamides is 1. The van der Waals surface area contributed by atoms with Gasteiger partial charge in [-0.15, -0.1) is 11.3 Å². The average molecular weight is 520 g/mol. The monoisotopic (exact) mass is 519 g/mol. The van der Waals surface area contributed by atoms with Crippen LogP contribution in [-0.4, -0.2) is 36.8 Å². The minimum atomic E-state index is -3.78. The number of aromatic nitrogens is 1. The number of rotatable bonds is 6. The number of aliphatic hydroxyl groups excluding tert-OH is 1. The molecule has 0 unspecified atom stereocenters. The van der Waals surface area contributed by atoms with Gasteiger partial charge in [-0.3, -0.25) is 10.2 Å². The zero-order valence-electron chi connectivity index (χ0n) is 18.8. The maximum Gasteiger partial charge on any atom is 0.251 e. The van der Waals surface area contributed by atoms with E-state index in [9.17, 15) is 18.3 Å². The van der Waals surface area contributed by atoms with Crippen LogP contribution in [0.4, 0.5) is 5.69 Å². The van der Waals surface area contributed by atoms with Crippen molar-refractivity contribution in [1.29, 1.82) is 5.41 Å². The zero-order valence-corrected chi connectivity index (χ0v) is 20.4. The van der Waals surface area contributed by atoms with Crippen LogP contribution < -0.4 is 15.4 Å². The lowest BCUT2D eigenvalue weighted by Crippen LogP contribution is -2.27. The van der Waals surface area contributed by atoms with Crippen LogP contribution in [-0.2, 0) is 16.6 Å². The number of carbonyl (C=O) groups excluding carboxylic acids is 1. The molecule has 0 bridgehead atoms. The Kier molecular flexibility index (Phi) is 6.04. The van der Waals surface area contributed by atoms with Gasteiger partial charge in [0.25, 0.3) is 5.91 Å². The Hall–Kier alpha value is -4.06. The highest BCUT2D eigenvalue weighted by Crippen LogP contribution is 2.35. The molecule has 5 rings (SSSR count). The van der Waals surface area contributed by atoms with E-state index < -0.39 is 10.0 Å². The highest BCUT2D eigenvalue weighted by Gasteiger charge is 2.31. The number of aliphatic hydroxyl groups is 1. The number of nitrogens with one attached hydrogen (secondary N) is 2. The van der Waals surface area contributed by atoms with Gasteiger partial charge < -0.3 is 15.3 Å². The van der Waals surface area contributed by atoms with E-state index in [-0.39, 0.29) is 35.5 Å². The molecule has 0 atom stereocenters. The van der Waals surface area contributed by atoms with Crippen molar-refractivity contribution in [3.63, 3.8) is 0 Å². The lowest BCUT2D eigenvalue weighted by molar-refractivity contribution is 0.0951. The number of benzene rings is 3. The molecule has 4 aromatic rings. The number of nitrogens with zero attached hydrogens (tertiary/aromatic N) is 2. The van der Waals surface area contributed by atoms with Gasteiger partial charge in [0.1, 0.15) is 16.6 Å². The molecule has 0 spiro atoms. The van der Waals surface area contributed by atoms with Gasteiger partial charge in [-0.25, -0.2) is 18.5 Å². The Morgan fingerprint density at radius 2 is 1.86 bits per heavy atom. The van der Waals surface area contributed by atoms with Crippen molar-refractivity contribution < 1.29 is 18.3 Å². The lowest BCUT2D eigenvalue weighted by atomic mass is 10.1. The molecule has 0 radical (unpaired) electrons. The molecule has 0 saturated heterocycles. The first-order valence-corrected chi connectivity index (χ1v) is 13.2. The fourth-order valence-electron chi connectivity index (χ4n) is 3.90. The summed E-state index contributed by atoms with van der Waals surface area (Å²) in [6.45, 7) is 0.295. The quantitative estimate of drug-likeness (QED) is 0.306. The summed E-state index contributed by atoms with van der Waals surface area (Å²) in [6, 6.07) is 20.4. The van der Waals surface area contributed by atoms with Gasteiger partial charge in [-0.2, -0.15) is 0 Å². The molecule has 11 heteroatoms. The summed E-state index contributed by atoms with van der Waals surface area (Å²) in [5, 5.41) is 27.8. The minimum Gasteiger partial charge on any atom is -0.510 e. The Bertz CT molecular complexity index is 1610. The van der Waals surface area contributed by atoms with Crippen molar-refractivity contribution in [3.05, 3.63) is 94.7 Å². The van der Waals surface area contributed by atoms with Gasteiger partial charge >= 0.3 is 0 Å². The normalized spacial score (nSPS) is 14.0. The number of nitrogens with two attached hydrogens (primary N) is 1. The van der Waals surface area contributed by atoms with E-state index in [4.69, 9.17) is 10.5 Å². The van der Waals surface area contributed by atoms with Crippen molar-refractivity contribution in [1.82, 2.24) is 10.3 Å². The number of hydrogen-bond acceptors (Lipinski definition) is 7. The number of amides is 1. The number of carbonyl (C=O) groups is 1. The van der Waals surface area contributed by atoms with Crippen LogP contribution in [0, 0.1) is 5.41 Å². The molecule has 0 fully saturated rings. The molecule has 182 valence electrons. The zero-order chi connectivity index (χ0) is 25.4. The van der Waals surface area contributed by atoms with Crippen LogP contribution in [0.3, 0.4) is 0 Å². The van der Waals surface area contributed by atoms with E-state index in [2.05, 4.69) is 10.3 Å². The van der Waals surface area contributed by atoms with Crippen molar-refractivity contribution in [2.75, 3.05) is 11.4 Å². The van der Waals surface area contributed by atoms with Crippen LogP contribution in [0.2, 0.25) is 0 Å². The predicted molar refractivity (Wildman–Crippen MR) is 140 cm³/mol. The SMILES string of the molecule is N=C1C(c2nc3ccccc3s2)=C(O)CN1c1cccc(C(=O)NCc2ccc(S(N)(=O)=O)cc2)c1. The van der Waals surface area contributed by atoms with Gasteiger partial charge in [0.15, 0.2) is 0 Å². The molecule has 0 saturated carbocycles. The highest BCUT2D eigenvalue weighted by molar-refractivity contribution is 7.89. The topological polar surface area (TPSA) is 149 Å². The van der Waals surface area contributed by atoms with Crippen molar-refractivity contribution in [2.24, 2.45) is 5.14 Å². The van der Waals surface area contributed by atoms with Gasteiger partial charge in [0.2, 0.25) is 10.0 Å². The number of thiazole rings is 1. The third kappa shape index (κ3) is 4.59. The first-order valence-electron chi connectivity index (χ1n) is 10.9. The van der Waals surface area contributed by atoms with E-state index in [1.807, 2.05) is 24.3 Å². The first kappa shape index (κ1) is 23.7. The number of primary sulfonamides is 1. The van der Waals surface area contributed by atoms with Crippen LogP contribution in [0.25, 0.3) is 15.8 Å². The molecule has 3 aromatic carbocycles. The maximum atomic E-state index is 12.8. The molecule has 1 aliphatic rings. The van der Waals surface area contributed by atoms with Crippen LogP contribution in [0.5, 0.6) is 0 Å². The summed E-state index contributed by atoms with van der Waals surface area (Å²) in [4.78, 5) is 19.0. The third-order valence-corrected chi connectivity index (χ3v) is 7.72. The lowest BCUT2D eigenvalue weighted by Gasteiger charge is -2.19. The molecule has 1 amide bonds. The Balaban J connectivity index is 1.30. The van der Waals surface area contributed by atoms with Crippen LogP contribution in [0.1, 0.15) is 20.9 Å². The molecule has 2 heterocycles. The largest absolute Gasteiger partial charge is 0.510 e. The van der Waals surface area contributed by atoms with Gasteiger partial charge in [-0.05, 0) is 48.0 Å². The van der Waals surface area contributed by atoms with Crippen molar-refractivity contribution >= 4 is 54.6 Å². The second-order valence-electron chi connectivity index (χ2n) is 8.17. The molecule has 9 nitrogen and oxygen atoms in total. The summed E-state index contributed by atoms with van der Waals surface area (Å²) in [5.74, 6) is -0.169. The second-order valence-corrected chi connectivity index (χ2v) is 10.8. The molecule has 0 aliphatic carbocycles. The van der Waals surface area contributed by atoms with E-state index in [0.717, 1.165) is 10.2 Å². The van der Waals surface area contributed by atoms with E-state index in [1.54, 1.807) is 41.3 Å². The van der Waals surface area contributed by atoms with E-state index in [1.165, 1.54) is 23.5 Å². The molecular formula is C25H21N5O4S2. The fourth-order valence-corrected chi connectivity index (χ4v) is 5.45. The smallest absolute Gasteiger partial charge is 0.251 e. The molecule has 1 aliphatic heterocycles. The number of amidine groups is 1. The van der Waals surface area contributed by atoms with Gasteiger partial charge in [0.05, 0.1) is 27.2 Å². The van der Waals surface area contributed by atoms with E-state index >= 15 is 0 Å². The Labute approximate surface area is 211 Å². The standard InChI is InChI=1S/C25H21N5O4S2/c26-23-22(25-29-19-6-1-2-7-21(19)35-25)20(31)14-30(23)17-5-3-4-16(12-17)24(32)28-13-15-8-10-18(11-9-15)36(27,33)34/h1-12,26,31H,13-14H2,(H,28,32)(H2,27,33,34). The van der Waals surface area contributed by atoms with Crippen LogP contribution >= 0.6 is 11.3 Å². The maximum absolute atomic E-state index is 12.8. The first-order chi connectivity index (χ1) is 17.2. The van der Waals surface area contributed by atoms with Crippen molar-refractivity contribution in [2.45, 2.75) is 11.4 Å². The summed E-state index contributed by atoms with van der Waals surface area (Å²) < 4.78 is 23.7. The molecule has 5 N–H and O–H groups in total. The Morgan fingerprint density at radius 1 is 1.11 bits per heavy atom. The van der Waals surface area contributed by atoms with Crippen molar-refractivity contribution in [3.8, 4) is 0 Å². The average Bonchev–Trinajstić information content (AvgIpc) is 3.41. The predicted octanol–water partition coefficient (Wildman–Crippen LogP) is 3.64. The second kappa shape index (κ2) is 9.19. The Morgan fingerprint density at radius 3 is 2.58 bits per heavy atom. The summed E-state index contributed by atoms with van der Waals surface area (Å²) >= 11 is 1.41. The highest BCUT2D eigenvalue weighted by atomic mass is 32.2. The number of para-hydroxylation sites is 1. The van der Waals surface area contributed by atoms with E-state index in [0.29, 0.717) is 27.4 Å². The third-order valence-electron chi connectivity index (χ3n) is 5.74.